The number of pyridine rings is 1. The predicted octanol–water partition coefficient (Wildman–Crippen LogP) is 6.62. The van der Waals surface area contributed by atoms with Crippen LogP contribution in [0.5, 0.6) is 0 Å². The molecule has 0 aliphatic heterocycles. The Labute approximate surface area is 201 Å². The van der Waals surface area contributed by atoms with Gasteiger partial charge in [-0.25, -0.2) is 9.78 Å². The lowest BCUT2D eigenvalue weighted by molar-refractivity contribution is -0.119. The van der Waals surface area contributed by atoms with Crippen molar-refractivity contribution in [3.05, 3.63) is 93.5 Å². The van der Waals surface area contributed by atoms with Crippen molar-refractivity contribution in [2.24, 2.45) is 0 Å². The minimum absolute atomic E-state index is 0.293. The fourth-order valence-electron chi connectivity index (χ4n) is 3.53. The van der Waals surface area contributed by atoms with Gasteiger partial charge in [0, 0.05) is 21.7 Å². The lowest BCUT2D eigenvalue weighted by Gasteiger charge is -2.12. The third-order valence-electron chi connectivity index (χ3n) is 5.13. The van der Waals surface area contributed by atoms with Gasteiger partial charge in [-0.05, 0) is 55.8 Å². The van der Waals surface area contributed by atoms with Crippen molar-refractivity contribution in [1.29, 1.82) is 0 Å². The molecule has 1 heterocycles. The molecular weight excluding hydrogens is 459 g/mol. The molecule has 0 atom stereocenters. The van der Waals surface area contributed by atoms with Gasteiger partial charge in [-0.3, -0.25) is 4.79 Å². The number of hydrogen-bond acceptors (Lipinski definition) is 4. The summed E-state index contributed by atoms with van der Waals surface area (Å²) in [6.07, 6.45) is 0. The largest absolute Gasteiger partial charge is 0.452 e. The Morgan fingerprint density at radius 1 is 0.970 bits per heavy atom. The van der Waals surface area contributed by atoms with Crippen molar-refractivity contribution >= 4 is 51.7 Å². The normalized spacial score (nSPS) is 10.8. The van der Waals surface area contributed by atoms with Gasteiger partial charge in [-0.1, -0.05) is 59.1 Å². The monoisotopic (exact) mass is 478 g/mol. The molecule has 0 bridgehead atoms. The molecule has 0 unspecified atom stereocenters. The number of anilines is 1. The zero-order chi connectivity index (χ0) is 23.5. The molecule has 0 saturated carbocycles. The maximum absolute atomic E-state index is 13.0. The van der Waals surface area contributed by atoms with Crippen LogP contribution in [0.25, 0.3) is 22.2 Å². The molecule has 3 aromatic carbocycles. The van der Waals surface area contributed by atoms with Crippen molar-refractivity contribution in [3.63, 3.8) is 0 Å². The molecule has 0 radical (unpaired) electrons. The highest BCUT2D eigenvalue weighted by molar-refractivity contribution is 6.36. The highest BCUT2D eigenvalue weighted by atomic mass is 35.5. The summed E-state index contributed by atoms with van der Waals surface area (Å²) in [7, 11) is 0. The maximum Gasteiger partial charge on any atom is 0.339 e. The molecule has 33 heavy (non-hydrogen) atoms. The zero-order valence-corrected chi connectivity index (χ0v) is 19.5. The number of halogens is 2. The molecule has 7 heteroatoms. The van der Waals surface area contributed by atoms with E-state index >= 15 is 0 Å². The van der Waals surface area contributed by atoms with E-state index in [1.165, 1.54) is 0 Å². The number of hydrogen-bond donors (Lipinski definition) is 1. The van der Waals surface area contributed by atoms with Crippen LogP contribution in [0.1, 0.15) is 21.5 Å². The second kappa shape index (κ2) is 9.61. The number of fused-ring (bicyclic) bond motifs is 1. The smallest absolute Gasteiger partial charge is 0.339 e. The van der Waals surface area contributed by atoms with Crippen molar-refractivity contribution < 1.29 is 14.3 Å². The van der Waals surface area contributed by atoms with E-state index in [0.29, 0.717) is 43.5 Å². The van der Waals surface area contributed by atoms with E-state index in [1.807, 2.05) is 44.2 Å². The lowest BCUT2D eigenvalue weighted by atomic mass is 10.0. The molecular formula is C26H20Cl2N2O3. The second-order valence-corrected chi connectivity index (χ2v) is 8.48. The Morgan fingerprint density at radius 2 is 1.76 bits per heavy atom. The molecule has 1 amide bonds. The van der Waals surface area contributed by atoms with E-state index in [4.69, 9.17) is 27.9 Å². The van der Waals surface area contributed by atoms with Gasteiger partial charge >= 0.3 is 5.97 Å². The van der Waals surface area contributed by atoms with Crippen LogP contribution < -0.4 is 5.32 Å². The standard InChI is InChI=1S/C26H20Cl2N2O3/c1-15-7-10-22(16(2)11-15)30-25(31)14-33-26(32)20-13-24(19-9-8-17(27)12-21(19)28)29-23-6-4-3-5-18(20)23/h3-13H,14H2,1-2H3,(H,30,31). The number of aromatic nitrogens is 1. The highest BCUT2D eigenvalue weighted by Crippen LogP contribution is 2.32. The van der Waals surface area contributed by atoms with Gasteiger partial charge in [0.15, 0.2) is 6.61 Å². The van der Waals surface area contributed by atoms with E-state index in [-0.39, 0.29) is 0 Å². The molecule has 0 saturated heterocycles. The van der Waals surface area contributed by atoms with E-state index in [0.717, 1.165) is 11.1 Å². The predicted molar refractivity (Wildman–Crippen MR) is 132 cm³/mol. The minimum Gasteiger partial charge on any atom is -0.452 e. The van der Waals surface area contributed by atoms with Crippen LogP contribution in [0.2, 0.25) is 10.0 Å². The Hall–Kier alpha value is -3.41. The summed E-state index contributed by atoms with van der Waals surface area (Å²) in [5, 5.41) is 4.30. The molecule has 4 aromatic rings. The Kier molecular flexibility index (Phi) is 6.63. The number of amides is 1. The molecule has 4 rings (SSSR count). The number of ether oxygens (including phenoxy) is 1. The van der Waals surface area contributed by atoms with Crippen LogP contribution in [0.15, 0.2) is 66.7 Å². The Bertz CT molecular complexity index is 1390. The first-order valence-electron chi connectivity index (χ1n) is 10.2. The molecule has 5 nitrogen and oxygen atoms in total. The average Bonchev–Trinajstić information content (AvgIpc) is 2.78. The highest BCUT2D eigenvalue weighted by Gasteiger charge is 2.18. The third kappa shape index (κ3) is 5.16. The van der Waals surface area contributed by atoms with E-state index in [9.17, 15) is 9.59 Å². The summed E-state index contributed by atoms with van der Waals surface area (Å²) < 4.78 is 5.34. The molecule has 0 spiro atoms. The number of esters is 1. The molecule has 0 fully saturated rings. The first kappa shape index (κ1) is 22.8. The van der Waals surface area contributed by atoms with Crippen LogP contribution in [-0.4, -0.2) is 23.5 Å². The van der Waals surface area contributed by atoms with Crippen molar-refractivity contribution in [3.8, 4) is 11.3 Å². The summed E-state index contributed by atoms with van der Waals surface area (Å²) in [4.78, 5) is 30.0. The van der Waals surface area contributed by atoms with E-state index < -0.39 is 18.5 Å². The maximum atomic E-state index is 13.0. The fraction of sp³-hybridized carbons (Fsp3) is 0.115. The number of carbonyl (C=O) groups is 2. The summed E-state index contributed by atoms with van der Waals surface area (Å²) in [6, 6.07) is 19.6. The second-order valence-electron chi connectivity index (χ2n) is 7.64. The third-order valence-corrected chi connectivity index (χ3v) is 5.68. The van der Waals surface area contributed by atoms with E-state index in [2.05, 4.69) is 10.3 Å². The SMILES string of the molecule is Cc1ccc(NC(=O)COC(=O)c2cc(-c3ccc(Cl)cc3Cl)nc3ccccc23)c(C)c1. The van der Waals surface area contributed by atoms with Gasteiger partial charge in [0.05, 0.1) is 21.8 Å². The summed E-state index contributed by atoms with van der Waals surface area (Å²) >= 11 is 12.4. The average molecular weight is 479 g/mol. The van der Waals surface area contributed by atoms with Gasteiger partial charge < -0.3 is 10.1 Å². The number of rotatable bonds is 5. The number of carbonyl (C=O) groups excluding carboxylic acids is 2. The number of nitrogens with one attached hydrogen (secondary N) is 1. The van der Waals surface area contributed by atoms with Crippen LogP contribution in [0.3, 0.4) is 0 Å². The minimum atomic E-state index is -0.629. The van der Waals surface area contributed by atoms with E-state index in [1.54, 1.807) is 36.4 Å². The quantitative estimate of drug-likeness (QED) is 0.327. The zero-order valence-electron chi connectivity index (χ0n) is 18.0. The first-order chi connectivity index (χ1) is 15.8. The number of para-hydroxylation sites is 1. The van der Waals surface area contributed by atoms with Crippen molar-refractivity contribution in [1.82, 2.24) is 4.98 Å². The molecule has 166 valence electrons. The number of benzene rings is 3. The topological polar surface area (TPSA) is 68.3 Å². The van der Waals surface area contributed by atoms with Crippen LogP contribution in [-0.2, 0) is 9.53 Å². The van der Waals surface area contributed by atoms with Crippen molar-refractivity contribution in [2.45, 2.75) is 13.8 Å². The van der Waals surface area contributed by atoms with Gasteiger partial charge in [-0.15, -0.1) is 0 Å². The Balaban J connectivity index is 1.59. The van der Waals surface area contributed by atoms with Crippen LogP contribution >= 0.6 is 23.2 Å². The summed E-state index contributed by atoms with van der Waals surface area (Å²) in [5.74, 6) is -1.05. The Morgan fingerprint density at radius 3 is 2.52 bits per heavy atom. The molecule has 0 aliphatic carbocycles. The first-order valence-corrected chi connectivity index (χ1v) is 11.0. The van der Waals surface area contributed by atoms with Crippen LogP contribution in [0.4, 0.5) is 5.69 Å². The van der Waals surface area contributed by atoms with Gasteiger partial charge in [0.25, 0.3) is 5.91 Å². The number of nitrogens with zero attached hydrogens (tertiary/aromatic N) is 1. The molecule has 1 N–H and O–H groups in total. The summed E-state index contributed by atoms with van der Waals surface area (Å²) in [6.45, 7) is 3.46. The fourth-order valence-corrected chi connectivity index (χ4v) is 4.03. The molecule has 1 aromatic heterocycles. The summed E-state index contributed by atoms with van der Waals surface area (Å²) in [5.41, 5.74) is 4.73. The van der Waals surface area contributed by atoms with Gasteiger partial charge in [0.2, 0.25) is 0 Å². The molecule has 0 aliphatic rings. The van der Waals surface area contributed by atoms with Crippen LogP contribution in [0, 0.1) is 13.8 Å². The number of aryl methyl sites for hydroxylation is 2. The van der Waals surface area contributed by atoms with Gasteiger partial charge in [-0.2, -0.15) is 0 Å². The van der Waals surface area contributed by atoms with Gasteiger partial charge in [0.1, 0.15) is 0 Å². The lowest BCUT2D eigenvalue weighted by Crippen LogP contribution is -2.21. The van der Waals surface area contributed by atoms with Crippen molar-refractivity contribution in [2.75, 3.05) is 11.9 Å².